The number of likely N-dealkylation sites (tertiary alicyclic amines) is 1. The highest BCUT2D eigenvalue weighted by Crippen LogP contribution is 2.33. The number of carbonyl (C=O) groups is 1. The zero-order valence-electron chi connectivity index (χ0n) is 13.4. The first-order valence-corrected chi connectivity index (χ1v) is 9.00. The second-order valence-electron chi connectivity index (χ2n) is 6.00. The van der Waals surface area contributed by atoms with E-state index < -0.39 is 0 Å². The summed E-state index contributed by atoms with van der Waals surface area (Å²) in [6, 6.07) is 0.237. The van der Waals surface area contributed by atoms with Crippen molar-refractivity contribution in [3.05, 3.63) is 0 Å². The van der Waals surface area contributed by atoms with Gasteiger partial charge in [-0.3, -0.25) is 9.69 Å². The Morgan fingerprint density at radius 1 is 1.40 bits per heavy atom. The van der Waals surface area contributed by atoms with E-state index in [-0.39, 0.29) is 22.7 Å². The van der Waals surface area contributed by atoms with Crippen LogP contribution < -0.4 is 11.1 Å². The Labute approximate surface area is 128 Å². The number of thioether (sulfide) groups is 1. The molecule has 0 aromatic heterocycles. The average molecular weight is 302 g/mol. The standard InChI is InChI=1S/C15H31N3OS/c1-5-6-12(2)17-14(19)13(3)18-9-7-15(11-16,20-4)8-10-18/h12-13H,5-11,16H2,1-4H3,(H,17,19). The molecule has 2 unspecified atom stereocenters. The molecular weight excluding hydrogens is 270 g/mol. The van der Waals surface area contributed by atoms with Crippen molar-refractivity contribution in [1.29, 1.82) is 0 Å². The van der Waals surface area contributed by atoms with E-state index in [0.717, 1.165) is 45.3 Å². The van der Waals surface area contributed by atoms with E-state index in [9.17, 15) is 4.79 Å². The highest BCUT2D eigenvalue weighted by Gasteiger charge is 2.35. The van der Waals surface area contributed by atoms with Crippen molar-refractivity contribution in [2.24, 2.45) is 5.73 Å². The molecule has 0 spiro atoms. The Morgan fingerprint density at radius 3 is 2.45 bits per heavy atom. The largest absolute Gasteiger partial charge is 0.352 e. The van der Waals surface area contributed by atoms with Crippen molar-refractivity contribution >= 4 is 17.7 Å². The molecule has 0 bridgehead atoms. The molecule has 2 atom stereocenters. The lowest BCUT2D eigenvalue weighted by Gasteiger charge is -2.42. The van der Waals surface area contributed by atoms with Crippen molar-refractivity contribution in [2.75, 3.05) is 25.9 Å². The molecule has 3 N–H and O–H groups in total. The Bertz CT molecular complexity index is 297. The minimum atomic E-state index is -0.0352. The van der Waals surface area contributed by atoms with Crippen LogP contribution in [0.5, 0.6) is 0 Å². The van der Waals surface area contributed by atoms with Crippen LogP contribution in [0.15, 0.2) is 0 Å². The van der Waals surface area contributed by atoms with Crippen LogP contribution >= 0.6 is 11.8 Å². The van der Waals surface area contributed by atoms with Crippen molar-refractivity contribution in [3.8, 4) is 0 Å². The number of amides is 1. The summed E-state index contributed by atoms with van der Waals surface area (Å²) in [6.45, 7) is 8.91. The van der Waals surface area contributed by atoms with E-state index in [4.69, 9.17) is 5.73 Å². The van der Waals surface area contributed by atoms with Crippen LogP contribution in [-0.4, -0.2) is 53.5 Å². The summed E-state index contributed by atoms with van der Waals surface area (Å²) in [6.07, 6.45) is 6.44. The molecule has 0 aliphatic carbocycles. The molecule has 1 saturated heterocycles. The first kappa shape index (κ1) is 17.8. The van der Waals surface area contributed by atoms with E-state index in [2.05, 4.69) is 30.3 Å². The van der Waals surface area contributed by atoms with Gasteiger partial charge in [0.1, 0.15) is 0 Å². The molecule has 0 aromatic rings. The van der Waals surface area contributed by atoms with Gasteiger partial charge in [-0.2, -0.15) is 11.8 Å². The lowest BCUT2D eigenvalue weighted by Crippen LogP contribution is -2.53. The summed E-state index contributed by atoms with van der Waals surface area (Å²) >= 11 is 1.88. The number of nitrogens with two attached hydrogens (primary N) is 1. The van der Waals surface area contributed by atoms with Crippen molar-refractivity contribution < 1.29 is 4.79 Å². The second kappa shape index (κ2) is 8.25. The lowest BCUT2D eigenvalue weighted by molar-refractivity contribution is -0.127. The van der Waals surface area contributed by atoms with Crippen LogP contribution in [0.1, 0.15) is 46.5 Å². The minimum Gasteiger partial charge on any atom is -0.352 e. The minimum absolute atomic E-state index is 0.0352. The van der Waals surface area contributed by atoms with Gasteiger partial charge < -0.3 is 11.1 Å². The third-order valence-corrected chi connectivity index (χ3v) is 5.99. The second-order valence-corrected chi connectivity index (χ2v) is 7.28. The van der Waals surface area contributed by atoms with E-state index in [1.807, 2.05) is 18.7 Å². The molecule has 20 heavy (non-hydrogen) atoms. The molecule has 1 aliphatic heterocycles. The van der Waals surface area contributed by atoms with Crippen molar-refractivity contribution in [3.63, 3.8) is 0 Å². The van der Waals surface area contributed by atoms with Gasteiger partial charge in [0.15, 0.2) is 0 Å². The predicted molar refractivity (Wildman–Crippen MR) is 88.1 cm³/mol. The molecule has 1 heterocycles. The predicted octanol–water partition coefficient (Wildman–Crippen LogP) is 1.84. The maximum Gasteiger partial charge on any atom is 0.237 e. The third kappa shape index (κ3) is 4.64. The zero-order chi connectivity index (χ0) is 15.2. The van der Waals surface area contributed by atoms with Gasteiger partial charge in [0.25, 0.3) is 0 Å². The fraction of sp³-hybridized carbons (Fsp3) is 0.933. The van der Waals surface area contributed by atoms with Crippen LogP contribution in [0.3, 0.4) is 0 Å². The van der Waals surface area contributed by atoms with Gasteiger partial charge in [-0.1, -0.05) is 13.3 Å². The Morgan fingerprint density at radius 2 is 2.00 bits per heavy atom. The molecule has 1 aliphatic rings. The van der Waals surface area contributed by atoms with Gasteiger partial charge in [0.05, 0.1) is 6.04 Å². The van der Waals surface area contributed by atoms with Crippen LogP contribution in [-0.2, 0) is 4.79 Å². The Balaban J connectivity index is 2.45. The van der Waals surface area contributed by atoms with Crippen LogP contribution in [0, 0.1) is 0 Å². The number of hydrogen-bond acceptors (Lipinski definition) is 4. The first-order valence-electron chi connectivity index (χ1n) is 7.77. The molecule has 0 saturated carbocycles. The first-order chi connectivity index (χ1) is 9.48. The molecule has 0 aromatic carbocycles. The average Bonchev–Trinajstić information content (AvgIpc) is 2.46. The molecule has 4 nitrogen and oxygen atoms in total. The monoisotopic (exact) mass is 301 g/mol. The Kier molecular flexibility index (Phi) is 7.34. The quantitative estimate of drug-likeness (QED) is 0.753. The maximum absolute atomic E-state index is 12.2. The summed E-state index contributed by atoms with van der Waals surface area (Å²) in [5.41, 5.74) is 5.91. The maximum atomic E-state index is 12.2. The summed E-state index contributed by atoms with van der Waals surface area (Å²) in [7, 11) is 0. The highest BCUT2D eigenvalue weighted by atomic mass is 32.2. The fourth-order valence-corrected chi connectivity index (χ4v) is 3.60. The number of nitrogens with one attached hydrogen (secondary N) is 1. The van der Waals surface area contributed by atoms with Gasteiger partial charge in [-0.15, -0.1) is 0 Å². The zero-order valence-corrected chi connectivity index (χ0v) is 14.3. The van der Waals surface area contributed by atoms with Crippen molar-refractivity contribution in [1.82, 2.24) is 10.2 Å². The normalized spacial score (nSPS) is 22.2. The number of rotatable bonds is 7. The van der Waals surface area contributed by atoms with Crippen molar-refractivity contribution in [2.45, 2.75) is 63.3 Å². The highest BCUT2D eigenvalue weighted by molar-refractivity contribution is 8.00. The van der Waals surface area contributed by atoms with Gasteiger partial charge in [0, 0.05) is 30.4 Å². The van der Waals surface area contributed by atoms with Gasteiger partial charge >= 0.3 is 0 Å². The molecule has 1 fully saturated rings. The number of hydrogen-bond donors (Lipinski definition) is 2. The number of nitrogens with zero attached hydrogens (tertiary/aromatic N) is 1. The summed E-state index contributed by atoms with van der Waals surface area (Å²) in [5.74, 6) is 0.162. The van der Waals surface area contributed by atoms with E-state index in [0.29, 0.717) is 0 Å². The van der Waals surface area contributed by atoms with Gasteiger partial charge in [-0.05, 0) is 39.4 Å². The smallest absolute Gasteiger partial charge is 0.237 e. The fourth-order valence-electron chi connectivity index (χ4n) is 2.84. The molecule has 118 valence electrons. The third-order valence-electron chi connectivity index (χ3n) is 4.55. The van der Waals surface area contributed by atoms with E-state index in [1.54, 1.807) is 0 Å². The molecule has 1 rings (SSSR count). The number of piperidine rings is 1. The van der Waals surface area contributed by atoms with Gasteiger partial charge in [-0.25, -0.2) is 0 Å². The number of carbonyl (C=O) groups excluding carboxylic acids is 1. The SMILES string of the molecule is CCCC(C)NC(=O)C(C)N1CCC(CN)(SC)CC1. The van der Waals surface area contributed by atoms with Crippen LogP contribution in [0.25, 0.3) is 0 Å². The van der Waals surface area contributed by atoms with E-state index in [1.165, 1.54) is 0 Å². The van der Waals surface area contributed by atoms with Crippen LogP contribution in [0.2, 0.25) is 0 Å². The molecular formula is C15H31N3OS. The van der Waals surface area contributed by atoms with Gasteiger partial charge in [0.2, 0.25) is 5.91 Å². The summed E-state index contributed by atoms with van der Waals surface area (Å²) in [4.78, 5) is 14.5. The molecule has 1 amide bonds. The molecule has 0 radical (unpaired) electrons. The topological polar surface area (TPSA) is 58.4 Å². The Hall–Kier alpha value is -0.260. The summed E-state index contributed by atoms with van der Waals surface area (Å²) < 4.78 is 0.224. The van der Waals surface area contributed by atoms with E-state index >= 15 is 0 Å². The van der Waals surface area contributed by atoms with Crippen LogP contribution in [0.4, 0.5) is 0 Å². The lowest BCUT2D eigenvalue weighted by atomic mass is 9.94. The molecule has 5 heteroatoms. The summed E-state index contributed by atoms with van der Waals surface area (Å²) in [5, 5.41) is 3.12.